The molecule has 0 aliphatic heterocycles. The zero-order valence-electron chi connectivity index (χ0n) is 15.5. The molecule has 0 spiro atoms. The number of aromatic nitrogens is 2. The van der Waals surface area contributed by atoms with E-state index >= 15 is 0 Å². The van der Waals surface area contributed by atoms with E-state index in [4.69, 9.17) is 9.15 Å². The Kier molecular flexibility index (Phi) is 5.85. The molecule has 2 atom stereocenters. The Bertz CT molecular complexity index is 673. The number of methoxy groups -OCH3 is 1. The van der Waals surface area contributed by atoms with Crippen LogP contribution in [0.25, 0.3) is 0 Å². The monoisotopic (exact) mass is 335 g/mol. The molecule has 2 unspecified atom stereocenters. The van der Waals surface area contributed by atoms with E-state index in [1.165, 1.54) is 0 Å². The van der Waals surface area contributed by atoms with Crippen LogP contribution in [0.15, 0.2) is 16.5 Å². The van der Waals surface area contributed by atoms with Crippen molar-refractivity contribution in [1.82, 2.24) is 15.1 Å². The van der Waals surface area contributed by atoms with Crippen molar-refractivity contribution < 1.29 is 14.3 Å². The lowest BCUT2D eigenvalue weighted by molar-refractivity contribution is 0.0312. The number of hydrogen-bond acceptors (Lipinski definition) is 5. The minimum atomic E-state index is -1.06. The second-order valence-corrected chi connectivity index (χ2v) is 6.59. The van der Waals surface area contributed by atoms with E-state index in [0.29, 0.717) is 18.9 Å². The topological polar surface area (TPSA) is 72.5 Å². The number of aliphatic hydroxyl groups is 1. The van der Waals surface area contributed by atoms with Crippen molar-refractivity contribution in [3.63, 3.8) is 0 Å². The highest BCUT2D eigenvalue weighted by atomic mass is 16.5. The van der Waals surface area contributed by atoms with Gasteiger partial charge in [0, 0.05) is 31.0 Å². The average Bonchev–Trinajstić information content (AvgIpc) is 3.07. The summed E-state index contributed by atoms with van der Waals surface area (Å²) in [5.41, 5.74) is 2.23. The zero-order valence-corrected chi connectivity index (χ0v) is 15.5. The number of rotatable bonds is 8. The van der Waals surface area contributed by atoms with E-state index in [-0.39, 0.29) is 6.04 Å². The number of furan rings is 1. The second-order valence-electron chi connectivity index (χ2n) is 6.59. The van der Waals surface area contributed by atoms with Gasteiger partial charge in [-0.25, -0.2) is 0 Å². The smallest absolute Gasteiger partial charge is 0.136 e. The minimum Gasteiger partial charge on any atom is -0.463 e. The molecule has 6 heteroatoms. The van der Waals surface area contributed by atoms with Gasteiger partial charge in [0.2, 0.25) is 0 Å². The average molecular weight is 335 g/mol. The largest absolute Gasteiger partial charge is 0.463 e. The predicted molar refractivity (Wildman–Crippen MR) is 93.0 cm³/mol. The molecule has 0 saturated heterocycles. The summed E-state index contributed by atoms with van der Waals surface area (Å²) in [6, 6.07) is 3.76. The molecule has 0 amide bonds. The van der Waals surface area contributed by atoms with Gasteiger partial charge in [0.05, 0.1) is 18.8 Å². The van der Waals surface area contributed by atoms with Gasteiger partial charge in [0.15, 0.2) is 0 Å². The fourth-order valence-corrected chi connectivity index (χ4v) is 3.00. The Hall–Kier alpha value is -1.63. The molecule has 0 saturated carbocycles. The predicted octanol–water partition coefficient (Wildman–Crippen LogP) is 2.61. The second kappa shape index (κ2) is 7.51. The van der Waals surface area contributed by atoms with Crippen molar-refractivity contribution in [2.45, 2.75) is 52.8 Å². The standard InChI is InChI=1S/C18H29N3O3/c1-12-7-8-16(24-12)18(5,22)11-19-13(2)17-14(3)20-21(15(17)4)9-10-23-6/h7-8,13,19,22H,9-11H2,1-6H3. The summed E-state index contributed by atoms with van der Waals surface area (Å²) in [5.74, 6) is 1.37. The van der Waals surface area contributed by atoms with Gasteiger partial charge in [0.25, 0.3) is 0 Å². The molecule has 0 fully saturated rings. The van der Waals surface area contributed by atoms with Gasteiger partial charge in [0.1, 0.15) is 17.1 Å². The molecule has 2 rings (SSSR count). The van der Waals surface area contributed by atoms with Crippen molar-refractivity contribution in [1.29, 1.82) is 0 Å². The van der Waals surface area contributed by atoms with Crippen molar-refractivity contribution in [2.24, 2.45) is 0 Å². The molecule has 0 aromatic carbocycles. The molecular formula is C18H29N3O3. The van der Waals surface area contributed by atoms with E-state index in [9.17, 15) is 5.11 Å². The quantitative estimate of drug-likeness (QED) is 0.776. The third kappa shape index (κ3) is 4.06. The third-order valence-corrected chi connectivity index (χ3v) is 4.40. The van der Waals surface area contributed by atoms with Crippen LogP contribution in [0.5, 0.6) is 0 Å². The summed E-state index contributed by atoms with van der Waals surface area (Å²) in [6.45, 7) is 11.6. The number of ether oxygens (including phenoxy) is 1. The summed E-state index contributed by atoms with van der Waals surface area (Å²) in [6.07, 6.45) is 0. The number of aryl methyl sites for hydroxylation is 2. The van der Waals surface area contributed by atoms with Crippen molar-refractivity contribution in [3.05, 3.63) is 40.6 Å². The van der Waals surface area contributed by atoms with E-state index in [2.05, 4.69) is 24.3 Å². The normalized spacial score (nSPS) is 15.5. The maximum Gasteiger partial charge on any atom is 0.136 e. The molecule has 2 aromatic heterocycles. The molecule has 6 nitrogen and oxygen atoms in total. The molecule has 134 valence electrons. The van der Waals surface area contributed by atoms with Crippen LogP contribution in [0.3, 0.4) is 0 Å². The van der Waals surface area contributed by atoms with E-state index in [1.54, 1.807) is 14.0 Å². The third-order valence-electron chi connectivity index (χ3n) is 4.40. The molecule has 0 radical (unpaired) electrons. The van der Waals surface area contributed by atoms with Gasteiger partial charge in [-0.3, -0.25) is 4.68 Å². The maximum absolute atomic E-state index is 10.7. The lowest BCUT2D eigenvalue weighted by atomic mass is 10.0. The molecule has 2 N–H and O–H groups in total. The summed E-state index contributed by atoms with van der Waals surface area (Å²) in [4.78, 5) is 0. The first-order valence-electron chi connectivity index (χ1n) is 8.31. The number of nitrogens with zero attached hydrogens (tertiary/aromatic N) is 2. The highest BCUT2D eigenvalue weighted by molar-refractivity contribution is 5.28. The first-order chi connectivity index (χ1) is 11.3. The molecule has 2 heterocycles. The van der Waals surface area contributed by atoms with Crippen LogP contribution in [-0.4, -0.2) is 35.1 Å². The van der Waals surface area contributed by atoms with Gasteiger partial charge in [-0.2, -0.15) is 5.10 Å². The Morgan fingerprint density at radius 2 is 2.08 bits per heavy atom. The van der Waals surface area contributed by atoms with Crippen LogP contribution in [0.2, 0.25) is 0 Å². The van der Waals surface area contributed by atoms with Gasteiger partial charge >= 0.3 is 0 Å². The summed E-state index contributed by atoms with van der Waals surface area (Å²) < 4.78 is 12.7. The van der Waals surface area contributed by atoms with Gasteiger partial charge < -0.3 is 19.6 Å². The summed E-state index contributed by atoms with van der Waals surface area (Å²) in [5, 5.41) is 18.7. The van der Waals surface area contributed by atoms with Gasteiger partial charge in [-0.05, 0) is 46.8 Å². The van der Waals surface area contributed by atoms with Crippen LogP contribution in [0.4, 0.5) is 0 Å². The molecule has 0 aliphatic carbocycles. The van der Waals surface area contributed by atoms with E-state index in [0.717, 1.165) is 29.3 Å². The Morgan fingerprint density at radius 3 is 2.67 bits per heavy atom. The van der Waals surface area contributed by atoms with Crippen molar-refractivity contribution in [3.8, 4) is 0 Å². The fourth-order valence-electron chi connectivity index (χ4n) is 3.00. The zero-order chi connectivity index (χ0) is 17.9. The van der Waals surface area contributed by atoms with Crippen LogP contribution in [-0.2, 0) is 16.9 Å². The van der Waals surface area contributed by atoms with Gasteiger partial charge in [-0.1, -0.05) is 0 Å². The van der Waals surface area contributed by atoms with Crippen molar-refractivity contribution >= 4 is 0 Å². The number of nitrogens with one attached hydrogen (secondary N) is 1. The van der Waals surface area contributed by atoms with Crippen LogP contribution >= 0.6 is 0 Å². The lowest BCUT2D eigenvalue weighted by Gasteiger charge is -2.24. The first kappa shape index (κ1) is 18.7. The highest BCUT2D eigenvalue weighted by Gasteiger charge is 2.28. The minimum absolute atomic E-state index is 0.0730. The summed E-state index contributed by atoms with van der Waals surface area (Å²) in [7, 11) is 1.69. The molecule has 0 bridgehead atoms. The highest BCUT2D eigenvalue weighted by Crippen LogP contribution is 2.25. The first-order valence-corrected chi connectivity index (χ1v) is 8.31. The Balaban J connectivity index is 2.07. The summed E-state index contributed by atoms with van der Waals surface area (Å²) >= 11 is 0. The van der Waals surface area contributed by atoms with Crippen LogP contribution in [0, 0.1) is 20.8 Å². The maximum atomic E-state index is 10.7. The van der Waals surface area contributed by atoms with Crippen molar-refractivity contribution in [2.75, 3.05) is 20.3 Å². The lowest BCUT2D eigenvalue weighted by Crippen LogP contribution is -2.36. The van der Waals surface area contributed by atoms with Crippen LogP contribution < -0.4 is 5.32 Å². The van der Waals surface area contributed by atoms with E-state index in [1.807, 2.05) is 30.7 Å². The number of hydrogen-bond donors (Lipinski definition) is 2. The Morgan fingerprint density at radius 1 is 1.38 bits per heavy atom. The SMILES string of the molecule is COCCn1nc(C)c(C(C)NCC(C)(O)c2ccc(C)o2)c1C. The molecule has 2 aromatic rings. The van der Waals surface area contributed by atoms with Gasteiger partial charge in [-0.15, -0.1) is 0 Å². The van der Waals surface area contributed by atoms with E-state index < -0.39 is 5.60 Å². The molecular weight excluding hydrogens is 306 g/mol. The van der Waals surface area contributed by atoms with Crippen LogP contribution in [0.1, 0.15) is 48.4 Å². The molecule has 24 heavy (non-hydrogen) atoms. The Labute approximate surface area is 143 Å². The molecule has 0 aliphatic rings. The fraction of sp³-hybridized carbons (Fsp3) is 0.611.